The summed E-state index contributed by atoms with van der Waals surface area (Å²) in [7, 11) is 3.71. The van der Waals surface area contributed by atoms with Gasteiger partial charge in [0.25, 0.3) is 0 Å². The van der Waals surface area contributed by atoms with Crippen molar-refractivity contribution in [2.75, 3.05) is 20.7 Å². The number of ether oxygens (including phenoxy) is 2. The van der Waals surface area contributed by atoms with Crippen molar-refractivity contribution >= 4 is 5.78 Å². The summed E-state index contributed by atoms with van der Waals surface area (Å²) in [4.78, 5) is 15.1. The fraction of sp³-hybridized carbons (Fsp3) is 0.632. The number of likely N-dealkylation sites (tertiary alicyclic amines) is 1. The number of aliphatic hydroxyl groups is 1. The molecular weight excluding hydrogens is 306 g/mol. The topological polar surface area (TPSA) is 59.0 Å². The van der Waals surface area contributed by atoms with Gasteiger partial charge in [-0.25, -0.2) is 0 Å². The van der Waals surface area contributed by atoms with Gasteiger partial charge in [-0.05, 0) is 37.4 Å². The van der Waals surface area contributed by atoms with E-state index in [1.807, 2.05) is 6.07 Å². The minimum atomic E-state index is -0.928. The highest BCUT2D eigenvalue weighted by atomic mass is 16.5. The standard InChI is InChI=1S/C19H23NO4/c1-10-9-20(2)14-8-11-4-5-13(23-3)16-15(11)19(10)17(24-16)12(21)6-7-18(14,19)22/h4-5,10,14,17,22H,6-9H2,1-3H3/t10?,14?,17-,18+,19-/m0/s1. The second-order valence-electron chi connectivity index (χ2n) is 7.95. The van der Waals surface area contributed by atoms with Crippen LogP contribution in [0.2, 0.25) is 0 Å². The molecule has 1 saturated carbocycles. The molecule has 2 aliphatic heterocycles. The number of carbonyl (C=O) groups excluding carboxylic acids is 1. The van der Waals surface area contributed by atoms with Gasteiger partial charge in [-0.1, -0.05) is 13.0 Å². The van der Waals surface area contributed by atoms with Crippen LogP contribution in [0.25, 0.3) is 0 Å². The first kappa shape index (κ1) is 14.7. The molecule has 1 spiro atoms. The number of benzene rings is 1. The molecule has 2 aliphatic carbocycles. The molecule has 24 heavy (non-hydrogen) atoms. The Bertz CT molecular complexity index is 762. The van der Waals surface area contributed by atoms with Crippen LogP contribution in [0.3, 0.4) is 0 Å². The third-order valence-corrected chi connectivity index (χ3v) is 7.09. The second kappa shape index (κ2) is 4.33. The molecule has 5 rings (SSSR count). The van der Waals surface area contributed by atoms with Crippen LogP contribution < -0.4 is 9.47 Å². The fourth-order valence-electron chi connectivity index (χ4n) is 6.24. The van der Waals surface area contributed by atoms with Crippen molar-refractivity contribution in [3.63, 3.8) is 0 Å². The average Bonchev–Trinajstić information content (AvgIpc) is 2.93. The molecule has 1 aromatic rings. The number of piperidine rings is 1. The van der Waals surface area contributed by atoms with Crippen LogP contribution in [-0.4, -0.2) is 54.2 Å². The molecule has 5 nitrogen and oxygen atoms in total. The average molecular weight is 329 g/mol. The zero-order valence-corrected chi connectivity index (χ0v) is 14.3. The lowest BCUT2D eigenvalue weighted by molar-refractivity contribution is -0.201. The van der Waals surface area contributed by atoms with E-state index in [9.17, 15) is 9.90 Å². The van der Waals surface area contributed by atoms with Gasteiger partial charge in [0.05, 0.1) is 18.1 Å². The maximum Gasteiger partial charge on any atom is 0.174 e. The van der Waals surface area contributed by atoms with Crippen molar-refractivity contribution in [1.29, 1.82) is 0 Å². The van der Waals surface area contributed by atoms with Gasteiger partial charge in [0.2, 0.25) is 0 Å². The number of ketones is 1. The maximum atomic E-state index is 12.8. The van der Waals surface area contributed by atoms with E-state index < -0.39 is 17.1 Å². The molecule has 1 saturated heterocycles. The Morgan fingerprint density at radius 1 is 1.42 bits per heavy atom. The van der Waals surface area contributed by atoms with Crippen LogP contribution in [0, 0.1) is 5.92 Å². The summed E-state index contributed by atoms with van der Waals surface area (Å²) in [6.07, 6.45) is 1.10. The van der Waals surface area contributed by atoms with Gasteiger partial charge in [0.15, 0.2) is 23.4 Å². The number of rotatable bonds is 1. The van der Waals surface area contributed by atoms with Gasteiger partial charge in [0.1, 0.15) is 0 Å². The van der Waals surface area contributed by atoms with E-state index in [0.29, 0.717) is 24.3 Å². The van der Waals surface area contributed by atoms with Gasteiger partial charge >= 0.3 is 0 Å². The number of likely N-dealkylation sites (N-methyl/N-ethyl adjacent to an activating group) is 1. The third-order valence-electron chi connectivity index (χ3n) is 7.09. The molecule has 4 aliphatic rings. The normalized spacial score (nSPS) is 42.5. The second-order valence-corrected chi connectivity index (χ2v) is 7.95. The van der Waals surface area contributed by atoms with Crippen molar-refractivity contribution in [3.8, 4) is 11.5 Å². The third kappa shape index (κ3) is 1.32. The predicted molar refractivity (Wildman–Crippen MR) is 87.6 cm³/mol. The molecule has 2 heterocycles. The Kier molecular flexibility index (Phi) is 2.65. The number of hydrogen-bond donors (Lipinski definition) is 1. The van der Waals surface area contributed by atoms with Crippen molar-refractivity contribution in [3.05, 3.63) is 23.3 Å². The molecular formula is C19H23NO4. The first-order valence-corrected chi connectivity index (χ1v) is 8.77. The van der Waals surface area contributed by atoms with Crippen LogP contribution in [0.15, 0.2) is 12.1 Å². The highest BCUT2D eigenvalue weighted by Crippen LogP contribution is 2.66. The zero-order chi connectivity index (χ0) is 16.9. The van der Waals surface area contributed by atoms with Crippen molar-refractivity contribution in [1.82, 2.24) is 4.90 Å². The summed E-state index contributed by atoms with van der Waals surface area (Å²) < 4.78 is 11.7. The van der Waals surface area contributed by atoms with E-state index >= 15 is 0 Å². The van der Waals surface area contributed by atoms with E-state index in [4.69, 9.17) is 9.47 Å². The molecule has 2 bridgehead atoms. The molecule has 2 unspecified atom stereocenters. The van der Waals surface area contributed by atoms with Crippen LogP contribution in [0.5, 0.6) is 11.5 Å². The molecule has 1 N–H and O–H groups in total. The Morgan fingerprint density at radius 2 is 2.21 bits per heavy atom. The molecule has 1 aromatic carbocycles. The van der Waals surface area contributed by atoms with Gasteiger partial charge in [-0.3, -0.25) is 9.69 Å². The van der Waals surface area contributed by atoms with Crippen LogP contribution >= 0.6 is 0 Å². The Labute approximate surface area is 141 Å². The van der Waals surface area contributed by atoms with Gasteiger partial charge in [-0.15, -0.1) is 0 Å². The minimum absolute atomic E-state index is 0.0275. The molecule has 5 atom stereocenters. The molecule has 0 amide bonds. The van der Waals surface area contributed by atoms with Crippen molar-refractivity contribution < 1.29 is 19.4 Å². The number of Topliss-reactive ketones (excluding diaryl/α,β-unsaturated/α-hetero) is 1. The lowest BCUT2D eigenvalue weighted by Crippen LogP contribution is -2.78. The zero-order valence-electron chi connectivity index (χ0n) is 14.3. The molecule has 5 heteroatoms. The summed E-state index contributed by atoms with van der Waals surface area (Å²) in [5.74, 6) is 1.59. The number of methoxy groups -OCH3 is 1. The minimum Gasteiger partial charge on any atom is -0.493 e. The first-order valence-electron chi connectivity index (χ1n) is 8.77. The highest BCUT2D eigenvalue weighted by molar-refractivity contribution is 5.90. The predicted octanol–water partition coefficient (Wildman–Crippen LogP) is 1.29. The fourth-order valence-corrected chi connectivity index (χ4v) is 6.24. The number of hydrogen-bond acceptors (Lipinski definition) is 5. The molecule has 128 valence electrons. The number of carbonyl (C=O) groups is 1. The number of nitrogens with zero attached hydrogens (tertiary/aromatic N) is 1. The monoisotopic (exact) mass is 329 g/mol. The lowest BCUT2D eigenvalue weighted by Gasteiger charge is -2.64. The van der Waals surface area contributed by atoms with Crippen LogP contribution in [-0.2, 0) is 16.6 Å². The summed E-state index contributed by atoms with van der Waals surface area (Å²) in [6.45, 7) is 3.01. The summed E-state index contributed by atoms with van der Waals surface area (Å²) >= 11 is 0. The van der Waals surface area contributed by atoms with Crippen molar-refractivity contribution in [2.24, 2.45) is 5.92 Å². The van der Waals surface area contributed by atoms with E-state index in [1.165, 1.54) is 5.56 Å². The molecule has 0 radical (unpaired) electrons. The Morgan fingerprint density at radius 3 is 2.96 bits per heavy atom. The molecule has 0 aromatic heterocycles. The Balaban J connectivity index is 1.89. The quantitative estimate of drug-likeness (QED) is 0.841. The largest absolute Gasteiger partial charge is 0.493 e. The lowest BCUT2D eigenvalue weighted by atomic mass is 9.46. The first-order chi connectivity index (χ1) is 11.4. The van der Waals surface area contributed by atoms with E-state index in [1.54, 1.807) is 7.11 Å². The van der Waals surface area contributed by atoms with Gasteiger partial charge in [-0.2, -0.15) is 0 Å². The Hall–Kier alpha value is -1.59. The molecule has 2 fully saturated rings. The highest BCUT2D eigenvalue weighted by Gasteiger charge is 2.75. The van der Waals surface area contributed by atoms with Crippen LogP contribution in [0.1, 0.15) is 30.9 Å². The van der Waals surface area contributed by atoms with Crippen LogP contribution in [0.4, 0.5) is 0 Å². The summed E-state index contributed by atoms with van der Waals surface area (Å²) in [5.41, 5.74) is 0.662. The van der Waals surface area contributed by atoms with Gasteiger partial charge in [0, 0.05) is 24.6 Å². The van der Waals surface area contributed by atoms with E-state index in [0.717, 1.165) is 18.5 Å². The van der Waals surface area contributed by atoms with E-state index in [-0.39, 0.29) is 17.7 Å². The SMILES string of the molecule is COc1ccc2c3c1O[C@H]1C(=O)CC[C@@]4(O)C(C2)N(C)CC(C)[C@]314. The smallest absolute Gasteiger partial charge is 0.174 e. The van der Waals surface area contributed by atoms with Crippen molar-refractivity contribution in [2.45, 2.75) is 49.3 Å². The summed E-state index contributed by atoms with van der Waals surface area (Å²) in [5, 5.41) is 11.9. The maximum absolute atomic E-state index is 12.8. The van der Waals surface area contributed by atoms with E-state index in [2.05, 4.69) is 24.9 Å². The summed E-state index contributed by atoms with van der Waals surface area (Å²) in [6, 6.07) is 4.04. The van der Waals surface area contributed by atoms with Gasteiger partial charge < -0.3 is 14.6 Å².